The van der Waals surface area contributed by atoms with Gasteiger partial charge in [0.25, 0.3) is 0 Å². The van der Waals surface area contributed by atoms with E-state index in [1.807, 2.05) is 0 Å². The van der Waals surface area contributed by atoms with Crippen molar-refractivity contribution in [1.82, 2.24) is 24.7 Å². The minimum atomic E-state index is -4.18. The number of nitrogens with one attached hydrogen (secondary N) is 1. The Balaban J connectivity index is 1.54. The lowest BCUT2D eigenvalue weighted by atomic mass is 9.87. The summed E-state index contributed by atoms with van der Waals surface area (Å²) in [6, 6.07) is 7.29. The Morgan fingerprint density at radius 3 is 2.68 bits per heavy atom. The number of nitrogens with two attached hydrogens (primary N) is 2. The van der Waals surface area contributed by atoms with Gasteiger partial charge in [0.15, 0.2) is 5.65 Å². The number of carbonyl (C=O) groups excluding carboxylic acids is 1. The van der Waals surface area contributed by atoms with Crippen molar-refractivity contribution in [2.45, 2.75) is 63.7 Å². The first-order valence-electron chi connectivity index (χ1n) is 12.0. The first-order valence-corrected chi connectivity index (χ1v) is 13.5. The number of nitrogens with zero attached hydrogens (tertiary/aromatic N) is 4. The monoisotopic (exact) mass is 549 g/mol. The average Bonchev–Trinajstić information content (AvgIpc) is 3.37. The van der Waals surface area contributed by atoms with Crippen LogP contribution in [0.15, 0.2) is 42.9 Å². The summed E-state index contributed by atoms with van der Waals surface area (Å²) in [7, 11) is -4.18. The van der Waals surface area contributed by atoms with Crippen LogP contribution in [0.4, 0.5) is 5.95 Å². The lowest BCUT2D eigenvalue weighted by Gasteiger charge is -2.27. The molecule has 206 valence electrons. The summed E-state index contributed by atoms with van der Waals surface area (Å²) in [5.74, 6) is -0.277. The maximum Gasteiger partial charge on any atom is 0.459 e. The quantitative estimate of drug-likeness (QED) is 0.209. The van der Waals surface area contributed by atoms with Crippen molar-refractivity contribution in [2.24, 2.45) is 5.73 Å². The smallest absolute Gasteiger partial charge is 0.459 e. The lowest BCUT2D eigenvalue weighted by molar-refractivity contribution is -0.149. The summed E-state index contributed by atoms with van der Waals surface area (Å²) < 4.78 is 37.7. The molecule has 38 heavy (non-hydrogen) atoms. The van der Waals surface area contributed by atoms with Gasteiger partial charge >= 0.3 is 13.7 Å². The molecule has 15 heteroatoms. The van der Waals surface area contributed by atoms with Gasteiger partial charge in [0, 0.05) is 5.56 Å². The largest absolute Gasteiger partial charge is 0.462 e. The fraction of sp³-hybridized carbons (Fsp3) is 0.478. The Bertz CT molecular complexity index is 1320. The van der Waals surface area contributed by atoms with Crippen molar-refractivity contribution in [3.05, 3.63) is 48.4 Å². The van der Waals surface area contributed by atoms with Crippen LogP contribution in [0.1, 0.15) is 39.4 Å². The number of aliphatic hydroxyl groups is 1. The van der Waals surface area contributed by atoms with Crippen molar-refractivity contribution in [1.29, 1.82) is 0 Å². The van der Waals surface area contributed by atoms with Gasteiger partial charge in [0.1, 0.15) is 36.4 Å². The zero-order valence-electron chi connectivity index (χ0n) is 21.4. The van der Waals surface area contributed by atoms with Crippen LogP contribution in [0, 0.1) is 0 Å². The van der Waals surface area contributed by atoms with Crippen LogP contribution < -0.4 is 21.1 Å². The molecule has 1 aliphatic rings. The van der Waals surface area contributed by atoms with Crippen molar-refractivity contribution in [3.63, 3.8) is 0 Å². The Kier molecular flexibility index (Phi) is 8.02. The van der Waals surface area contributed by atoms with Gasteiger partial charge in [-0.05, 0) is 39.8 Å². The highest BCUT2D eigenvalue weighted by atomic mass is 31.2. The molecular formula is C23H32N7O7P. The van der Waals surface area contributed by atoms with E-state index in [0.29, 0.717) is 11.2 Å². The van der Waals surface area contributed by atoms with Gasteiger partial charge in [-0.3, -0.25) is 9.32 Å². The molecule has 1 aliphatic heterocycles. The summed E-state index contributed by atoms with van der Waals surface area (Å²) >= 11 is 0. The number of hydrogen-bond donors (Lipinski definition) is 4. The normalized spacial score (nSPS) is 25.8. The summed E-state index contributed by atoms with van der Waals surface area (Å²) in [5.41, 5.74) is 11.9. The zero-order chi connectivity index (χ0) is 27.7. The maximum atomic E-state index is 13.8. The molecule has 0 bridgehead atoms. The summed E-state index contributed by atoms with van der Waals surface area (Å²) in [4.78, 5) is 20.5. The van der Waals surface area contributed by atoms with E-state index in [4.69, 9.17) is 30.0 Å². The Hall–Kier alpha value is -3.13. The van der Waals surface area contributed by atoms with E-state index >= 15 is 0 Å². The highest BCUT2D eigenvalue weighted by molar-refractivity contribution is 7.52. The third-order valence-corrected chi connectivity index (χ3v) is 7.58. The van der Waals surface area contributed by atoms with Crippen molar-refractivity contribution in [2.75, 3.05) is 12.3 Å². The van der Waals surface area contributed by atoms with Crippen molar-refractivity contribution in [3.8, 4) is 5.75 Å². The second-order valence-corrected chi connectivity index (χ2v) is 11.2. The van der Waals surface area contributed by atoms with E-state index in [0.717, 1.165) is 0 Å². The number of ether oxygens (including phenoxy) is 2. The third kappa shape index (κ3) is 5.80. The van der Waals surface area contributed by atoms with Gasteiger partial charge < -0.3 is 30.6 Å². The SMILES string of the molecule is CC(C)OC(=O)C(C)NP(=O)(OCC1OC(c2cnn3c(N)ncnc23)C(C)(N)C1O)Oc1ccccc1. The number of para-hydroxylation sites is 1. The summed E-state index contributed by atoms with van der Waals surface area (Å²) in [6.45, 7) is 6.10. The molecule has 0 spiro atoms. The third-order valence-electron chi connectivity index (χ3n) is 5.94. The van der Waals surface area contributed by atoms with Crippen LogP contribution in [0.2, 0.25) is 0 Å². The molecule has 4 rings (SSSR count). The summed E-state index contributed by atoms with van der Waals surface area (Å²) in [6.07, 6.45) is -0.723. The van der Waals surface area contributed by atoms with Crippen LogP contribution >= 0.6 is 7.75 Å². The fourth-order valence-corrected chi connectivity index (χ4v) is 5.53. The van der Waals surface area contributed by atoms with Crippen LogP contribution in [-0.4, -0.2) is 67.2 Å². The number of aromatic nitrogens is 4. The van der Waals surface area contributed by atoms with Gasteiger partial charge in [-0.2, -0.15) is 14.7 Å². The van der Waals surface area contributed by atoms with Crippen LogP contribution in [0.3, 0.4) is 0 Å². The molecule has 6 N–H and O–H groups in total. The lowest BCUT2D eigenvalue weighted by Crippen LogP contribution is -2.51. The molecule has 3 aromatic rings. The number of benzene rings is 1. The van der Waals surface area contributed by atoms with E-state index < -0.39 is 43.6 Å². The highest BCUT2D eigenvalue weighted by Crippen LogP contribution is 2.47. The van der Waals surface area contributed by atoms with E-state index in [-0.39, 0.29) is 24.4 Å². The molecule has 0 saturated carbocycles. The molecule has 0 amide bonds. The second kappa shape index (κ2) is 10.9. The van der Waals surface area contributed by atoms with Gasteiger partial charge in [0.05, 0.1) is 24.4 Å². The van der Waals surface area contributed by atoms with Gasteiger partial charge in [-0.15, -0.1) is 0 Å². The number of rotatable bonds is 10. The minimum Gasteiger partial charge on any atom is -0.462 e. The van der Waals surface area contributed by atoms with Crippen LogP contribution in [-0.2, 0) is 23.4 Å². The number of fused-ring (bicyclic) bond motifs is 1. The molecular weight excluding hydrogens is 517 g/mol. The number of anilines is 1. The molecule has 1 fully saturated rings. The Morgan fingerprint density at radius 2 is 2.00 bits per heavy atom. The van der Waals surface area contributed by atoms with E-state index in [1.165, 1.54) is 24.0 Å². The first-order chi connectivity index (χ1) is 17.9. The standard InChI is InChI=1S/C23H32N7O7P/c1-13(2)35-21(32)14(3)29-38(33,37-15-8-6-5-7-9-15)34-11-17-18(31)23(4,25)19(36-17)16-10-28-30-20(16)26-12-27-22(30)24/h5-10,12-14,17-19,31H,11,25H2,1-4H3,(H,29,33)(H2,24,26,27). The molecule has 2 aromatic heterocycles. The molecule has 0 radical (unpaired) electrons. The zero-order valence-corrected chi connectivity index (χ0v) is 22.3. The second-order valence-electron chi connectivity index (χ2n) is 9.47. The molecule has 1 aromatic carbocycles. The minimum absolute atomic E-state index is 0.119. The Morgan fingerprint density at radius 1 is 1.29 bits per heavy atom. The molecule has 1 saturated heterocycles. The highest BCUT2D eigenvalue weighted by Gasteiger charge is 2.53. The molecule has 0 aliphatic carbocycles. The number of esters is 1. The molecule has 14 nitrogen and oxygen atoms in total. The van der Waals surface area contributed by atoms with Crippen molar-refractivity contribution < 1.29 is 33.0 Å². The van der Waals surface area contributed by atoms with E-state index in [9.17, 15) is 14.5 Å². The average molecular weight is 550 g/mol. The van der Waals surface area contributed by atoms with Gasteiger partial charge in [0.2, 0.25) is 5.95 Å². The molecule has 6 atom stereocenters. The van der Waals surface area contributed by atoms with Gasteiger partial charge in [-0.1, -0.05) is 18.2 Å². The number of aliphatic hydroxyl groups excluding tert-OH is 1. The number of nitrogen functional groups attached to an aromatic ring is 1. The maximum absolute atomic E-state index is 13.8. The fourth-order valence-electron chi connectivity index (χ4n) is 4.03. The summed E-state index contributed by atoms with van der Waals surface area (Å²) in [5, 5.41) is 17.8. The van der Waals surface area contributed by atoms with Crippen LogP contribution in [0.5, 0.6) is 5.75 Å². The topological polar surface area (TPSA) is 198 Å². The van der Waals surface area contributed by atoms with E-state index in [2.05, 4.69) is 20.2 Å². The van der Waals surface area contributed by atoms with Crippen LogP contribution in [0.25, 0.3) is 5.65 Å². The predicted octanol–water partition coefficient (Wildman–Crippen LogP) is 1.36. The number of carbonyl (C=O) groups is 1. The number of hydrogen-bond acceptors (Lipinski definition) is 12. The van der Waals surface area contributed by atoms with Gasteiger partial charge in [-0.25, -0.2) is 14.5 Å². The molecule has 6 unspecified atom stereocenters. The Labute approximate surface area is 219 Å². The molecule has 3 heterocycles. The van der Waals surface area contributed by atoms with Crippen molar-refractivity contribution >= 4 is 25.3 Å². The predicted molar refractivity (Wildman–Crippen MR) is 136 cm³/mol. The van der Waals surface area contributed by atoms with E-state index in [1.54, 1.807) is 51.1 Å². The first kappa shape index (κ1) is 27.9.